The third-order valence-electron chi connectivity index (χ3n) is 7.83. The van der Waals surface area contributed by atoms with E-state index >= 15 is 0 Å². The molecule has 10 heteroatoms. The number of piperidine rings is 1. The van der Waals surface area contributed by atoms with Gasteiger partial charge in [-0.15, -0.1) is 0 Å². The molecule has 2 aliphatic rings. The average molecular weight is 540 g/mol. The van der Waals surface area contributed by atoms with Crippen molar-refractivity contribution in [3.8, 4) is 6.07 Å². The van der Waals surface area contributed by atoms with Crippen LogP contribution in [0.25, 0.3) is 0 Å². The Morgan fingerprint density at radius 2 is 1.69 bits per heavy atom. The average Bonchev–Trinajstić information content (AvgIpc) is 3.40. The number of hydroxylamine groups is 2. The first-order valence-electron chi connectivity index (χ1n) is 13.8. The van der Waals surface area contributed by atoms with Gasteiger partial charge in [-0.1, -0.05) is 46.5 Å². The van der Waals surface area contributed by atoms with E-state index < -0.39 is 29.2 Å². The van der Waals surface area contributed by atoms with Gasteiger partial charge in [-0.05, 0) is 54.9 Å². The third-order valence-corrected chi connectivity index (χ3v) is 7.83. The summed E-state index contributed by atoms with van der Waals surface area (Å²) in [4.78, 5) is 53.0. The van der Waals surface area contributed by atoms with Gasteiger partial charge in [-0.3, -0.25) is 24.4 Å². The summed E-state index contributed by atoms with van der Waals surface area (Å²) in [5.74, 6) is -2.33. The molecule has 2 fully saturated rings. The number of hydrogen-bond acceptors (Lipinski definition) is 6. The summed E-state index contributed by atoms with van der Waals surface area (Å²) < 4.78 is 0. The molecular weight excluding hydrogens is 498 g/mol. The molecule has 1 aromatic carbocycles. The second kappa shape index (κ2) is 13.1. The van der Waals surface area contributed by atoms with Crippen LogP contribution in [-0.4, -0.2) is 64.0 Å². The summed E-state index contributed by atoms with van der Waals surface area (Å²) in [7, 11) is 0. The molecule has 212 valence electrons. The van der Waals surface area contributed by atoms with Gasteiger partial charge in [0.2, 0.25) is 17.7 Å². The number of primary amides is 1. The van der Waals surface area contributed by atoms with E-state index in [-0.39, 0.29) is 24.3 Å². The molecule has 1 aliphatic carbocycles. The lowest BCUT2D eigenvalue weighted by molar-refractivity contribution is -0.197. The van der Waals surface area contributed by atoms with E-state index in [0.29, 0.717) is 54.5 Å². The van der Waals surface area contributed by atoms with Crippen molar-refractivity contribution < 1.29 is 24.4 Å². The number of likely N-dealkylation sites (tertiary alicyclic amines) is 1. The Morgan fingerprint density at radius 3 is 2.21 bits per heavy atom. The number of carbonyl (C=O) groups excluding carboxylic acids is 4. The van der Waals surface area contributed by atoms with Crippen molar-refractivity contribution >= 4 is 23.6 Å². The van der Waals surface area contributed by atoms with Gasteiger partial charge >= 0.3 is 0 Å². The number of carbonyl (C=O) groups is 4. The molecule has 1 unspecified atom stereocenters. The molecular formula is C29H41N5O5. The second-order valence-electron chi connectivity index (χ2n) is 12.0. The Bertz CT molecular complexity index is 1080. The van der Waals surface area contributed by atoms with Gasteiger partial charge in [0.1, 0.15) is 6.04 Å². The standard InChI is InChI=1S/C29H41N5O5/c1-29(2,3)25(34(39)27(37)22(17-24(31)35)16-19-6-4-5-7-19)28(38)33-14-12-23(13-15-33)32-26(36)21-10-8-20(18-30)9-11-21/h8-11,19,22-23,25,39H,4-7,12-17H2,1-3H3,(H2,31,35)(H,32,36)/t22?,25-/m1/s1. The fourth-order valence-corrected chi connectivity index (χ4v) is 5.70. The van der Waals surface area contributed by atoms with Crippen molar-refractivity contribution in [3.05, 3.63) is 35.4 Å². The number of rotatable bonds is 9. The summed E-state index contributed by atoms with van der Waals surface area (Å²) in [6.45, 7) is 6.08. The number of nitrogens with zero attached hydrogens (tertiary/aromatic N) is 3. The number of nitriles is 1. The van der Waals surface area contributed by atoms with Crippen LogP contribution in [0.2, 0.25) is 0 Å². The fourth-order valence-electron chi connectivity index (χ4n) is 5.70. The van der Waals surface area contributed by atoms with Crippen LogP contribution < -0.4 is 11.1 Å². The van der Waals surface area contributed by atoms with Crippen LogP contribution in [0, 0.1) is 28.6 Å². The van der Waals surface area contributed by atoms with Gasteiger partial charge in [0.15, 0.2) is 0 Å². The van der Waals surface area contributed by atoms with Gasteiger partial charge in [0.05, 0.1) is 11.6 Å². The molecule has 0 spiro atoms. The summed E-state index contributed by atoms with van der Waals surface area (Å²) >= 11 is 0. The number of nitrogens with one attached hydrogen (secondary N) is 1. The molecule has 0 aromatic heterocycles. The van der Waals surface area contributed by atoms with Gasteiger partial charge in [-0.2, -0.15) is 5.26 Å². The second-order valence-corrected chi connectivity index (χ2v) is 12.0. The van der Waals surface area contributed by atoms with Crippen LogP contribution in [0.4, 0.5) is 0 Å². The Hall–Kier alpha value is -3.45. The van der Waals surface area contributed by atoms with Crippen LogP contribution in [0.15, 0.2) is 24.3 Å². The highest BCUT2D eigenvalue weighted by molar-refractivity contribution is 5.94. The van der Waals surface area contributed by atoms with Crippen molar-refractivity contribution in [2.75, 3.05) is 13.1 Å². The van der Waals surface area contributed by atoms with Crippen molar-refractivity contribution in [2.45, 2.75) is 84.2 Å². The third kappa shape index (κ3) is 8.02. The van der Waals surface area contributed by atoms with E-state index in [1.165, 1.54) is 0 Å². The van der Waals surface area contributed by atoms with E-state index in [1.807, 2.05) is 6.07 Å². The molecule has 4 N–H and O–H groups in total. The highest BCUT2D eigenvalue weighted by atomic mass is 16.5. The monoisotopic (exact) mass is 539 g/mol. The molecule has 1 aliphatic heterocycles. The largest absolute Gasteiger partial charge is 0.370 e. The van der Waals surface area contributed by atoms with Gasteiger partial charge in [0.25, 0.3) is 5.91 Å². The maximum absolute atomic E-state index is 13.7. The summed E-state index contributed by atoms with van der Waals surface area (Å²) in [5, 5.41) is 23.6. The van der Waals surface area contributed by atoms with E-state index in [1.54, 1.807) is 49.9 Å². The van der Waals surface area contributed by atoms with Gasteiger partial charge in [0, 0.05) is 37.0 Å². The SMILES string of the molecule is CC(C)(C)[C@@H](C(=O)N1CCC(NC(=O)c2ccc(C#N)cc2)CC1)N(O)C(=O)C(CC(N)=O)CC1CCCC1. The van der Waals surface area contributed by atoms with Gasteiger partial charge in [-0.25, -0.2) is 5.06 Å². The zero-order valence-electron chi connectivity index (χ0n) is 23.2. The van der Waals surface area contributed by atoms with Crippen molar-refractivity contribution in [1.29, 1.82) is 5.26 Å². The number of hydrogen-bond donors (Lipinski definition) is 3. The van der Waals surface area contributed by atoms with Crippen LogP contribution in [-0.2, 0) is 14.4 Å². The molecule has 1 saturated heterocycles. The van der Waals surface area contributed by atoms with E-state index in [0.717, 1.165) is 25.7 Å². The number of nitrogens with two attached hydrogens (primary N) is 1. The first-order valence-corrected chi connectivity index (χ1v) is 13.8. The molecule has 10 nitrogen and oxygen atoms in total. The minimum atomic E-state index is -1.13. The summed E-state index contributed by atoms with van der Waals surface area (Å²) in [6, 6.07) is 7.14. The van der Waals surface area contributed by atoms with Crippen LogP contribution in [0.5, 0.6) is 0 Å². The van der Waals surface area contributed by atoms with Crippen molar-refractivity contribution in [1.82, 2.24) is 15.3 Å². The zero-order chi connectivity index (χ0) is 28.7. The number of amides is 4. The molecule has 0 bridgehead atoms. The lowest BCUT2D eigenvalue weighted by Gasteiger charge is -2.41. The Labute approximate surface area is 230 Å². The Kier molecular flexibility index (Phi) is 10.1. The Morgan fingerprint density at radius 1 is 1.10 bits per heavy atom. The molecule has 2 atom stereocenters. The van der Waals surface area contributed by atoms with E-state index in [4.69, 9.17) is 11.0 Å². The molecule has 1 saturated carbocycles. The predicted molar refractivity (Wildman–Crippen MR) is 144 cm³/mol. The minimum Gasteiger partial charge on any atom is -0.370 e. The molecule has 1 heterocycles. The van der Waals surface area contributed by atoms with Crippen molar-refractivity contribution in [3.63, 3.8) is 0 Å². The Balaban J connectivity index is 1.64. The number of benzene rings is 1. The fraction of sp³-hybridized carbons (Fsp3) is 0.621. The molecule has 1 aromatic rings. The normalized spacial score (nSPS) is 18.2. The molecule has 39 heavy (non-hydrogen) atoms. The van der Waals surface area contributed by atoms with Crippen LogP contribution in [0.1, 0.15) is 88.1 Å². The highest BCUT2D eigenvalue weighted by Gasteiger charge is 2.44. The summed E-state index contributed by atoms with van der Waals surface area (Å²) in [5.41, 5.74) is 5.59. The zero-order valence-corrected chi connectivity index (χ0v) is 23.2. The molecule has 4 amide bonds. The van der Waals surface area contributed by atoms with Crippen molar-refractivity contribution in [2.24, 2.45) is 23.0 Å². The van der Waals surface area contributed by atoms with Crippen LogP contribution in [0.3, 0.4) is 0 Å². The predicted octanol–water partition coefficient (Wildman–Crippen LogP) is 2.98. The smallest absolute Gasteiger partial charge is 0.251 e. The van der Waals surface area contributed by atoms with E-state index in [2.05, 4.69) is 5.32 Å². The first-order chi connectivity index (χ1) is 18.4. The maximum atomic E-state index is 13.7. The topological polar surface area (TPSA) is 157 Å². The molecule has 3 rings (SSSR count). The van der Waals surface area contributed by atoms with Gasteiger partial charge < -0.3 is 16.0 Å². The lowest BCUT2D eigenvalue weighted by Crippen LogP contribution is -2.58. The molecule has 0 radical (unpaired) electrons. The maximum Gasteiger partial charge on any atom is 0.251 e. The lowest BCUT2D eigenvalue weighted by atomic mass is 9.83. The highest BCUT2D eigenvalue weighted by Crippen LogP contribution is 2.34. The first kappa shape index (κ1) is 30.1. The van der Waals surface area contributed by atoms with Crippen LogP contribution >= 0.6 is 0 Å². The van der Waals surface area contributed by atoms with E-state index in [9.17, 15) is 24.4 Å². The summed E-state index contributed by atoms with van der Waals surface area (Å²) in [6.07, 6.45) is 5.47. The quantitative estimate of drug-likeness (QED) is 0.323. The minimum absolute atomic E-state index is 0.136.